The number of nitrogens with one attached hydrogen (secondary N) is 1. The predicted octanol–water partition coefficient (Wildman–Crippen LogP) is 3.60. The number of furan rings is 1. The smallest absolute Gasteiger partial charge is 0.226 e. The van der Waals surface area contributed by atoms with Gasteiger partial charge in [0.25, 0.3) is 0 Å². The van der Waals surface area contributed by atoms with Crippen LogP contribution in [0, 0.1) is 0 Å². The van der Waals surface area contributed by atoms with E-state index in [4.69, 9.17) is 10.2 Å². The van der Waals surface area contributed by atoms with Crippen molar-refractivity contribution in [2.45, 2.75) is 6.54 Å². The molecule has 4 aromatic rings. The summed E-state index contributed by atoms with van der Waals surface area (Å²) < 4.78 is 5.36. The summed E-state index contributed by atoms with van der Waals surface area (Å²) in [5, 5.41) is 8.05. The second kappa shape index (κ2) is 5.39. The average molecular weight is 329 g/mol. The van der Waals surface area contributed by atoms with E-state index in [1.165, 1.54) is 16.9 Å². The molecule has 22 heavy (non-hydrogen) atoms. The molecule has 3 N–H and O–H groups in total. The number of anilines is 2. The molecular formula is C14H11N5OS2. The molecule has 0 unspecified atom stereocenters. The van der Waals surface area contributed by atoms with E-state index in [-0.39, 0.29) is 0 Å². The van der Waals surface area contributed by atoms with Gasteiger partial charge < -0.3 is 15.5 Å². The summed E-state index contributed by atoms with van der Waals surface area (Å²) in [4.78, 5) is 13.9. The summed E-state index contributed by atoms with van der Waals surface area (Å²) in [5.41, 5.74) is 7.79. The van der Waals surface area contributed by atoms with Gasteiger partial charge in [0, 0.05) is 6.54 Å². The molecule has 0 aromatic carbocycles. The Hall–Kier alpha value is -2.45. The maximum atomic E-state index is 6.00. The molecule has 0 saturated carbocycles. The number of nitrogens with zero attached hydrogens (tertiary/aromatic N) is 3. The highest BCUT2D eigenvalue weighted by atomic mass is 32.1. The van der Waals surface area contributed by atoms with Gasteiger partial charge in [-0.3, -0.25) is 0 Å². The van der Waals surface area contributed by atoms with Crippen molar-refractivity contribution >= 4 is 44.8 Å². The third-order valence-electron chi connectivity index (χ3n) is 3.05. The number of nitrogen functional groups attached to an aromatic ring is 1. The van der Waals surface area contributed by atoms with Gasteiger partial charge >= 0.3 is 0 Å². The molecule has 4 aromatic heterocycles. The summed E-state index contributed by atoms with van der Waals surface area (Å²) in [6.07, 6.45) is 1.62. The van der Waals surface area contributed by atoms with Crippen molar-refractivity contribution in [1.29, 1.82) is 0 Å². The molecule has 110 valence electrons. The van der Waals surface area contributed by atoms with Crippen LogP contribution in [-0.2, 0) is 6.54 Å². The average Bonchev–Trinajstić information content (AvgIpc) is 3.25. The van der Waals surface area contributed by atoms with Gasteiger partial charge in [0.05, 0.1) is 6.26 Å². The molecule has 0 bridgehead atoms. The third kappa shape index (κ3) is 2.42. The van der Waals surface area contributed by atoms with E-state index in [2.05, 4.69) is 31.7 Å². The minimum atomic E-state index is 0.367. The van der Waals surface area contributed by atoms with Crippen molar-refractivity contribution in [2.75, 3.05) is 11.1 Å². The van der Waals surface area contributed by atoms with Crippen LogP contribution < -0.4 is 11.1 Å². The van der Waals surface area contributed by atoms with E-state index in [0.717, 1.165) is 9.84 Å². The van der Waals surface area contributed by atoms with Crippen LogP contribution in [0.1, 0.15) is 5.56 Å². The zero-order valence-corrected chi connectivity index (χ0v) is 12.9. The van der Waals surface area contributed by atoms with Gasteiger partial charge in [-0.25, -0.2) is 9.97 Å². The molecule has 0 amide bonds. The summed E-state index contributed by atoms with van der Waals surface area (Å²) in [5.74, 6) is 1.58. The van der Waals surface area contributed by atoms with Crippen molar-refractivity contribution in [3.05, 3.63) is 40.8 Å². The monoisotopic (exact) mass is 329 g/mol. The molecule has 0 aliphatic carbocycles. The number of fused-ring (bicyclic) bond motifs is 1. The molecule has 0 fully saturated rings. The molecule has 6 nitrogen and oxygen atoms in total. The number of nitrogens with two attached hydrogens (primary N) is 1. The Balaban J connectivity index is 1.66. The Labute approximate surface area is 133 Å². The van der Waals surface area contributed by atoms with Gasteiger partial charge in [0.2, 0.25) is 5.95 Å². The molecule has 4 heterocycles. The SMILES string of the molecule is Nc1nc(NCc2ccsc2)nc2sc(-c3ccco3)nc12. The van der Waals surface area contributed by atoms with Crippen LogP contribution in [0.5, 0.6) is 0 Å². The van der Waals surface area contributed by atoms with Crippen LogP contribution in [0.25, 0.3) is 21.1 Å². The fraction of sp³-hybridized carbons (Fsp3) is 0.0714. The fourth-order valence-corrected chi connectivity index (χ4v) is 3.59. The minimum absolute atomic E-state index is 0.367. The van der Waals surface area contributed by atoms with E-state index >= 15 is 0 Å². The Morgan fingerprint density at radius 2 is 2.18 bits per heavy atom. The minimum Gasteiger partial charge on any atom is -0.462 e. The highest BCUT2D eigenvalue weighted by molar-refractivity contribution is 7.21. The molecule has 0 atom stereocenters. The standard InChI is InChI=1S/C14H11N5OS2/c15-11-10-13(22-12(17-10)9-2-1-4-20-9)19-14(18-11)16-6-8-3-5-21-7-8/h1-5,7H,6H2,(H3,15,16,18,19). The maximum absolute atomic E-state index is 6.00. The summed E-state index contributed by atoms with van der Waals surface area (Å²) in [7, 11) is 0. The fourth-order valence-electron chi connectivity index (χ4n) is 2.00. The first-order chi connectivity index (χ1) is 10.8. The van der Waals surface area contributed by atoms with Crippen LogP contribution >= 0.6 is 22.7 Å². The van der Waals surface area contributed by atoms with E-state index in [9.17, 15) is 0 Å². The first kappa shape index (κ1) is 13.2. The van der Waals surface area contributed by atoms with Gasteiger partial charge in [-0.15, -0.1) is 0 Å². The largest absolute Gasteiger partial charge is 0.462 e. The van der Waals surface area contributed by atoms with Crippen molar-refractivity contribution < 1.29 is 4.42 Å². The highest BCUT2D eigenvalue weighted by Crippen LogP contribution is 2.31. The zero-order valence-electron chi connectivity index (χ0n) is 11.3. The van der Waals surface area contributed by atoms with E-state index in [1.54, 1.807) is 17.6 Å². The van der Waals surface area contributed by atoms with Crippen LogP contribution in [0.15, 0.2) is 39.6 Å². The Kier molecular flexibility index (Phi) is 3.24. The Bertz CT molecular complexity index is 899. The molecule has 0 radical (unpaired) electrons. The first-order valence-corrected chi connectivity index (χ1v) is 8.28. The number of rotatable bonds is 4. The van der Waals surface area contributed by atoms with Gasteiger partial charge in [-0.1, -0.05) is 11.3 Å². The lowest BCUT2D eigenvalue weighted by Gasteiger charge is -2.03. The Morgan fingerprint density at radius 3 is 2.95 bits per heavy atom. The predicted molar refractivity (Wildman–Crippen MR) is 89.0 cm³/mol. The number of hydrogen-bond acceptors (Lipinski definition) is 8. The quantitative estimate of drug-likeness (QED) is 0.594. The van der Waals surface area contributed by atoms with Crippen molar-refractivity contribution in [3.63, 3.8) is 0 Å². The van der Waals surface area contributed by atoms with Crippen molar-refractivity contribution in [3.8, 4) is 10.8 Å². The summed E-state index contributed by atoms with van der Waals surface area (Å²) >= 11 is 3.09. The third-order valence-corrected chi connectivity index (χ3v) is 4.74. The van der Waals surface area contributed by atoms with Crippen LogP contribution in [-0.4, -0.2) is 15.0 Å². The zero-order chi connectivity index (χ0) is 14.9. The van der Waals surface area contributed by atoms with E-state index in [1.807, 2.05) is 17.5 Å². The lowest BCUT2D eigenvalue weighted by atomic mass is 10.3. The molecule has 8 heteroatoms. The Morgan fingerprint density at radius 1 is 1.23 bits per heavy atom. The van der Waals surface area contributed by atoms with E-state index in [0.29, 0.717) is 29.6 Å². The van der Waals surface area contributed by atoms with Crippen LogP contribution in [0.4, 0.5) is 11.8 Å². The lowest BCUT2D eigenvalue weighted by Crippen LogP contribution is -2.04. The molecule has 4 rings (SSSR count). The van der Waals surface area contributed by atoms with Crippen LogP contribution in [0.2, 0.25) is 0 Å². The second-order valence-electron chi connectivity index (χ2n) is 4.57. The van der Waals surface area contributed by atoms with Gasteiger partial charge in [0.15, 0.2) is 21.4 Å². The lowest BCUT2D eigenvalue weighted by molar-refractivity contribution is 0.582. The summed E-state index contributed by atoms with van der Waals surface area (Å²) in [6, 6.07) is 5.74. The first-order valence-electron chi connectivity index (χ1n) is 6.52. The van der Waals surface area contributed by atoms with Crippen LogP contribution in [0.3, 0.4) is 0 Å². The normalized spacial score (nSPS) is 11.1. The number of thiophene rings is 1. The van der Waals surface area contributed by atoms with E-state index < -0.39 is 0 Å². The maximum Gasteiger partial charge on any atom is 0.226 e. The highest BCUT2D eigenvalue weighted by Gasteiger charge is 2.14. The van der Waals surface area contributed by atoms with Crippen molar-refractivity contribution in [1.82, 2.24) is 15.0 Å². The number of thiazole rings is 1. The van der Waals surface area contributed by atoms with Crippen molar-refractivity contribution in [2.24, 2.45) is 0 Å². The second-order valence-corrected chi connectivity index (χ2v) is 6.33. The number of aromatic nitrogens is 3. The molecular weight excluding hydrogens is 318 g/mol. The van der Waals surface area contributed by atoms with Gasteiger partial charge in [0.1, 0.15) is 5.52 Å². The molecule has 0 aliphatic rings. The summed E-state index contributed by atoms with van der Waals surface area (Å²) in [6.45, 7) is 0.665. The molecule has 0 saturated heterocycles. The van der Waals surface area contributed by atoms with Gasteiger partial charge in [-0.05, 0) is 34.5 Å². The molecule has 0 spiro atoms. The molecule has 0 aliphatic heterocycles. The van der Waals surface area contributed by atoms with Gasteiger partial charge in [-0.2, -0.15) is 16.3 Å². The topological polar surface area (TPSA) is 89.9 Å². The number of hydrogen-bond donors (Lipinski definition) is 2.